The summed E-state index contributed by atoms with van der Waals surface area (Å²) < 4.78 is 45.0. The van der Waals surface area contributed by atoms with E-state index in [-0.39, 0.29) is 0 Å². The van der Waals surface area contributed by atoms with Gasteiger partial charge < -0.3 is 0 Å². The van der Waals surface area contributed by atoms with Crippen molar-refractivity contribution in [2.24, 2.45) is 0 Å². The molecule has 0 spiro atoms. The topological polar surface area (TPSA) is 119 Å². The molecule has 6 heteroatoms. The van der Waals surface area contributed by atoms with E-state index >= 15 is 0 Å². The van der Waals surface area contributed by atoms with Gasteiger partial charge in [0.25, 0.3) is 0 Å². The van der Waals surface area contributed by atoms with E-state index in [1.54, 1.807) is 0 Å². The molecule has 0 aliphatic heterocycles. The molecule has 106 valence electrons. The molecule has 0 bridgehead atoms. The second-order valence-electron chi connectivity index (χ2n) is 1.85. The summed E-state index contributed by atoms with van der Waals surface area (Å²) in [6.45, 7) is 31.3. The standard InChI is InChI=1S/C8H14.6CO/c1-3-5-7-8-6-4-2;6*1-2/h3-6H2,1-2H3;;;;;;. The Kier molecular flexibility index (Phi) is 585. The second kappa shape index (κ2) is 272. The van der Waals surface area contributed by atoms with Crippen molar-refractivity contribution >= 4 is 0 Å². The fraction of sp³-hybridized carbons (Fsp3) is 0.429. The van der Waals surface area contributed by atoms with Gasteiger partial charge in [-0.05, 0) is 12.8 Å². The van der Waals surface area contributed by atoms with Crippen LogP contribution in [0.25, 0.3) is 0 Å². The van der Waals surface area contributed by atoms with Crippen molar-refractivity contribution in [3.63, 3.8) is 0 Å². The predicted octanol–water partition coefficient (Wildman–Crippen LogP) is 2.36. The van der Waals surface area contributed by atoms with Crippen molar-refractivity contribution in [1.82, 2.24) is 0 Å². The van der Waals surface area contributed by atoms with Gasteiger partial charge >= 0.3 is 67.8 Å². The second-order valence-corrected chi connectivity index (χ2v) is 1.85. The molecule has 0 heterocycles. The summed E-state index contributed by atoms with van der Waals surface area (Å²) in [5.74, 6) is 6.17. The van der Waals surface area contributed by atoms with Gasteiger partial charge in [0.2, 0.25) is 0 Å². The Morgan fingerprint density at radius 1 is 0.500 bits per heavy atom. The molecule has 0 aromatic heterocycles. The van der Waals surface area contributed by atoms with Gasteiger partial charge in [0.1, 0.15) is 0 Å². The Labute approximate surface area is 120 Å². The molecule has 0 aromatic carbocycles. The van der Waals surface area contributed by atoms with E-state index in [2.05, 4.69) is 65.6 Å². The molecule has 0 saturated heterocycles. The molecule has 0 atom stereocenters. The van der Waals surface area contributed by atoms with Crippen LogP contribution in [0.5, 0.6) is 0 Å². The fourth-order valence-corrected chi connectivity index (χ4v) is 0.427. The number of rotatable bonds is 2. The van der Waals surface area contributed by atoms with E-state index in [1.165, 1.54) is 12.8 Å². The summed E-state index contributed by atoms with van der Waals surface area (Å²) in [6, 6.07) is 0. The Bertz CT molecular complexity index is 225. The average Bonchev–Trinajstić information content (AvgIpc) is 2.62. The van der Waals surface area contributed by atoms with E-state index in [0.29, 0.717) is 0 Å². The molecule has 0 fully saturated rings. The summed E-state index contributed by atoms with van der Waals surface area (Å²) >= 11 is 0. The van der Waals surface area contributed by atoms with E-state index in [1.807, 2.05) is 0 Å². The first kappa shape index (κ1) is 43.0. The molecular weight excluding hydrogens is 264 g/mol. The third kappa shape index (κ3) is 400. The van der Waals surface area contributed by atoms with Crippen LogP contribution >= 0.6 is 0 Å². The Morgan fingerprint density at radius 2 is 0.650 bits per heavy atom. The van der Waals surface area contributed by atoms with Gasteiger partial charge in [0.15, 0.2) is 0 Å². The van der Waals surface area contributed by atoms with Crippen LogP contribution < -0.4 is 0 Å². The molecule has 0 aromatic rings. The monoisotopic (exact) mass is 278 g/mol. The van der Waals surface area contributed by atoms with Gasteiger partial charge in [-0.15, -0.1) is 11.8 Å². The van der Waals surface area contributed by atoms with E-state index in [0.717, 1.165) is 12.8 Å². The van der Waals surface area contributed by atoms with E-state index in [9.17, 15) is 0 Å². The zero-order chi connectivity index (χ0) is 18.2. The Hall–Kier alpha value is -2.00. The fourth-order valence-electron chi connectivity index (χ4n) is 0.427. The van der Waals surface area contributed by atoms with Crippen LogP contribution in [-0.2, 0) is 27.9 Å². The van der Waals surface area contributed by atoms with Gasteiger partial charge in [-0.25, -0.2) is 0 Å². The molecule has 6 nitrogen and oxygen atoms in total. The van der Waals surface area contributed by atoms with Crippen LogP contribution in [-0.4, -0.2) is 0 Å². The molecule has 0 radical (unpaired) electrons. The van der Waals surface area contributed by atoms with Crippen molar-refractivity contribution in [1.29, 1.82) is 0 Å². The van der Waals surface area contributed by atoms with Crippen molar-refractivity contribution < 1.29 is 27.9 Å². The molecular formula is C14H14O6. The van der Waals surface area contributed by atoms with Crippen molar-refractivity contribution in [3.8, 4) is 11.8 Å². The summed E-state index contributed by atoms with van der Waals surface area (Å²) in [4.78, 5) is 0. The Balaban J connectivity index is -0.0000000238. The number of hydrogen-bond acceptors (Lipinski definition) is 0. The van der Waals surface area contributed by atoms with Crippen LogP contribution in [0.4, 0.5) is 0 Å². The maximum absolute atomic E-state index is 7.50. The van der Waals surface area contributed by atoms with Crippen molar-refractivity contribution in [3.05, 3.63) is 39.9 Å². The predicted molar refractivity (Wildman–Crippen MR) is 61.2 cm³/mol. The zero-order valence-electron chi connectivity index (χ0n) is 11.3. The molecule has 0 aliphatic carbocycles. The number of unbranched alkanes of at least 4 members (excludes halogenated alkanes) is 2. The quantitative estimate of drug-likeness (QED) is 0.418. The summed E-state index contributed by atoms with van der Waals surface area (Å²) in [7, 11) is 0. The molecule has 0 unspecified atom stereocenters. The maximum atomic E-state index is 7.50. The molecule has 20 heavy (non-hydrogen) atoms. The zero-order valence-corrected chi connectivity index (χ0v) is 11.3. The third-order valence-corrected chi connectivity index (χ3v) is 0.875. The number of hydrogen-bond donors (Lipinski definition) is 0. The molecule has 0 aliphatic rings. The SMILES string of the molecule is CCCC#CCCC.[C-]#[O+].[C-]#[O+].[C-]#[O+].[C-]#[O+].[C-]#[O+].[C-]#[O+]. The minimum absolute atomic E-state index is 1.07. The van der Waals surface area contributed by atoms with Crippen molar-refractivity contribution in [2.75, 3.05) is 0 Å². The van der Waals surface area contributed by atoms with Crippen LogP contribution in [0, 0.1) is 51.7 Å². The van der Waals surface area contributed by atoms with Gasteiger partial charge in [-0.3, -0.25) is 0 Å². The minimum atomic E-state index is 1.07. The van der Waals surface area contributed by atoms with Crippen molar-refractivity contribution in [2.45, 2.75) is 39.5 Å². The van der Waals surface area contributed by atoms with Gasteiger partial charge in [0.05, 0.1) is 0 Å². The first-order chi connectivity index (χ1) is 9.91. The third-order valence-electron chi connectivity index (χ3n) is 0.875. The van der Waals surface area contributed by atoms with Gasteiger partial charge in [-0.2, -0.15) is 0 Å². The summed E-state index contributed by atoms with van der Waals surface area (Å²) in [6.07, 6.45) is 4.52. The normalized spacial score (nSPS) is 3.70. The van der Waals surface area contributed by atoms with Crippen LogP contribution in [0.1, 0.15) is 39.5 Å². The van der Waals surface area contributed by atoms with E-state index < -0.39 is 0 Å². The van der Waals surface area contributed by atoms with Crippen LogP contribution in [0.15, 0.2) is 0 Å². The summed E-state index contributed by atoms with van der Waals surface area (Å²) in [5, 5.41) is 0. The van der Waals surface area contributed by atoms with Gasteiger partial charge in [0, 0.05) is 12.8 Å². The molecule has 0 rings (SSSR count). The van der Waals surface area contributed by atoms with Crippen LogP contribution in [0.3, 0.4) is 0 Å². The average molecular weight is 278 g/mol. The molecule has 0 saturated carbocycles. The molecule has 0 amide bonds. The molecule has 0 N–H and O–H groups in total. The first-order valence-corrected chi connectivity index (χ1v) is 4.60. The van der Waals surface area contributed by atoms with E-state index in [4.69, 9.17) is 27.9 Å². The van der Waals surface area contributed by atoms with Crippen LogP contribution in [0.2, 0.25) is 0 Å². The summed E-state index contributed by atoms with van der Waals surface area (Å²) in [5.41, 5.74) is 0. The van der Waals surface area contributed by atoms with Gasteiger partial charge in [-0.1, -0.05) is 13.8 Å². The first-order valence-electron chi connectivity index (χ1n) is 4.60. The Morgan fingerprint density at radius 3 is 0.750 bits per heavy atom.